The molecule has 8 aromatic carbocycles. The molecule has 63 heavy (non-hydrogen) atoms. The van der Waals surface area contributed by atoms with Crippen LogP contribution in [0, 0.1) is 0 Å². The molecule has 0 aliphatic heterocycles. The summed E-state index contributed by atoms with van der Waals surface area (Å²) in [6.45, 7) is 0. The van der Waals surface area contributed by atoms with Crippen LogP contribution in [0.4, 0.5) is 0 Å². The van der Waals surface area contributed by atoms with Gasteiger partial charge in [0.25, 0.3) is 0 Å². The molecule has 0 saturated heterocycles. The van der Waals surface area contributed by atoms with Crippen molar-refractivity contribution < 1.29 is 4.42 Å². The SMILES string of the molecule is c1ccc(-c2nc(Cc3cc(-c4ccc(-c5ccccc5)c(-c5ccccc5)c4)cnc3-n3c4ccccc4c4cc5oc6ccccc6c5cc43)nc(-c3ccccc3)n2)cc1. The highest BCUT2D eigenvalue weighted by molar-refractivity contribution is 6.17. The van der Waals surface area contributed by atoms with E-state index in [4.69, 9.17) is 24.4 Å². The van der Waals surface area contributed by atoms with Crippen LogP contribution in [-0.4, -0.2) is 24.5 Å². The summed E-state index contributed by atoms with van der Waals surface area (Å²) in [7, 11) is 0. The molecular formula is C57H37N5O. The van der Waals surface area contributed by atoms with Crippen molar-refractivity contribution in [1.29, 1.82) is 0 Å². The molecule has 0 N–H and O–H groups in total. The van der Waals surface area contributed by atoms with Crippen LogP contribution in [0.2, 0.25) is 0 Å². The number of aromatic nitrogens is 5. The van der Waals surface area contributed by atoms with Gasteiger partial charge in [-0.05, 0) is 64.2 Å². The van der Waals surface area contributed by atoms with E-state index < -0.39 is 0 Å². The molecule has 0 unspecified atom stereocenters. The summed E-state index contributed by atoms with van der Waals surface area (Å²) >= 11 is 0. The van der Waals surface area contributed by atoms with Crippen LogP contribution in [-0.2, 0) is 6.42 Å². The molecule has 6 nitrogen and oxygen atoms in total. The molecular weight excluding hydrogens is 771 g/mol. The number of pyridine rings is 1. The minimum absolute atomic E-state index is 0.400. The number of hydrogen-bond acceptors (Lipinski definition) is 5. The zero-order chi connectivity index (χ0) is 41.7. The van der Waals surface area contributed by atoms with Crippen LogP contribution < -0.4 is 0 Å². The summed E-state index contributed by atoms with van der Waals surface area (Å²) in [5.74, 6) is 2.71. The van der Waals surface area contributed by atoms with E-state index in [1.807, 2.05) is 79.0 Å². The van der Waals surface area contributed by atoms with E-state index >= 15 is 0 Å². The minimum Gasteiger partial charge on any atom is -0.456 e. The maximum Gasteiger partial charge on any atom is 0.163 e. The van der Waals surface area contributed by atoms with Crippen LogP contribution in [0.25, 0.3) is 106 Å². The van der Waals surface area contributed by atoms with Crippen molar-refractivity contribution in [3.8, 4) is 62.0 Å². The van der Waals surface area contributed by atoms with Crippen molar-refractivity contribution in [1.82, 2.24) is 24.5 Å². The number of hydrogen-bond donors (Lipinski definition) is 0. The number of rotatable bonds is 8. The highest BCUT2D eigenvalue weighted by Gasteiger charge is 2.22. The highest BCUT2D eigenvalue weighted by atomic mass is 16.3. The summed E-state index contributed by atoms with van der Waals surface area (Å²) in [6.07, 6.45) is 2.41. The molecule has 4 heterocycles. The Morgan fingerprint density at radius 2 is 0.968 bits per heavy atom. The lowest BCUT2D eigenvalue weighted by molar-refractivity contribution is 0.669. The van der Waals surface area contributed by atoms with Gasteiger partial charge in [0, 0.05) is 56.4 Å². The lowest BCUT2D eigenvalue weighted by Crippen LogP contribution is -2.08. The molecule has 0 fully saturated rings. The first-order chi connectivity index (χ1) is 31.2. The normalized spacial score (nSPS) is 11.6. The fourth-order valence-corrected chi connectivity index (χ4v) is 8.96. The van der Waals surface area contributed by atoms with Gasteiger partial charge in [0.2, 0.25) is 0 Å². The summed E-state index contributed by atoms with van der Waals surface area (Å²) in [5, 5.41) is 4.35. The zero-order valence-electron chi connectivity index (χ0n) is 34.1. The third-order valence-corrected chi connectivity index (χ3v) is 11.9. The Morgan fingerprint density at radius 1 is 0.381 bits per heavy atom. The van der Waals surface area contributed by atoms with Crippen molar-refractivity contribution in [3.63, 3.8) is 0 Å². The van der Waals surface area contributed by atoms with Crippen molar-refractivity contribution >= 4 is 43.7 Å². The van der Waals surface area contributed by atoms with E-state index in [-0.39, 0.29) is 0 Å². The Kier molecular flexibility index (Phi) is 8.78. The molecule has 4 aromatic heterocycles. The van der Waals surface area contributed by atoms with Crippen LogP contribution >= 0.6 is 0 Å². The second kappa shape index (κ2) is 15.2. The van der Waals surface area contributed by atoms with E-state index in [0.717, 1.165) is 88.5 Å². The molecule has 0 aliphatic rings. The van der Waals surface area contributed by atoms with Crippen LogP contribution in [0.3, 0.4) is 0 Å². The average molecular weight is 808 g/mol. The average Bonchev–Trinajstić information content (AvgIpc) is 3.88. The van der Waals surface area contributed by atoms with Gasteiger partial charge in [-0.1, -0.05) is 170 Å². The Balaban J connectivity index is 1.10. The van der Waals surface area contributed by atoms with Crippen LogP contribution in [0.1, 0.15) is 11.4 Å². The van der Waals surface area contributed by atoms with Crippen molar-refractivity contribution in [2.45, 2.75) is 6.42 Å². The zero-order valence-corrected chi connectivity index (χ0v) is 34.1. The molecule has 12 rings (SSSR count). The summed E-state index contributed by atoms with van der Waals surface area (Å²) in [5.41, 5.74) is 13.4. The van der Waals surface area contributed by atoms with Gasteiger partial charge in [0.05, 0.1) is 11.0 Å². The first-order valence-corrected chi connectivity index (χ1v) is 21.2. The Labute approximate surface area is 363 Å². The number of benzene rings is 8. The predicted octanol–water partition coefficient (Wildman–Crippen LogP) is 14.2. The monoisotopic (exact) mass is 807 g/mol. The maximum absolute atomic E-state index is 6.42. The largest absolute Gasteiger partial charge is 0.456 e. The smallest absolute Gasteiger partial charge is 0.163 e. The molecule has 6 heteroatoms. The molecule has 0 atom stereocenters. The third-order valence-electron chi connectivity index (χ3n) is 11.9. The van der Waals surface area contributed by atoms with Gasteiger partial charge in [0.15, 0.2) is 11.6 Å². The number of furan rings is 1. The van der Waals surface area contributed by atoms with E-state index in [0.29, 0.717) is 23.9 Å². The second-order valence-electron chi connectivity index (χ2n) is 15.8. The second-order valence-corrected chi connectivity index (χ2v) is 15.8. The molecule has 0 aliphatic carbocycles. The molecule has 0 bridgehead atoms. The summed E-state index contributed by atoms with van der Waals surface area (Å²) in [4.78, 5) is 20.8. The van der Waals surface area contributed by atoms with E-state index in [2.05, 4.69) is 138 Å². The quantitative estimate of drug-likeness (QED) is 0.153. The van der Waals surface area contributed by atoms with Gasteiger partial charge in [-0.15, -0.1) is 0 Å². The van der Waals surface area contributed by atoms with Crippen molar-refractivity contribution in [3.05, 3.63) is 224 Å². The molecule has 296 valence electrons. The minimum atomic E-state index is 0.400. The fourth-order valence-electron chi connectivity index (χ4n) is 8.96. The molecule has 0 spiro atoms. The van der Waals surface area contributed by atoms with Crippen LogP contribution in [0.15, 0.2) is 217 Å². The predicted molar refractivity (Wildman–Crippen MR) is 256 cm³/mol. The standard InChI is InChI=1S/C57H37N5O/c1-5-17-37(18-6-1)44-30-29-41(32-47(44)38-19-7-2-8-20-38)43-31-42(33-54-59-55(39-21-9-3-10-22-39)61-56(60-54)40-23-11-4-12-24-40)57(58-36-43)62-50-27-15-13-25-45(50)48-35-53-49(34-51(48)62)46-26-14-16-28-52(46)63-53/h1-32,34-36H,33H2. The topological polar surface area (TPSA) is 69.6 Å². The Morgan fingerprint density at radius 3 is 1.65 bits per heavy atom. The van der Waals surface area contributed by atoms with Gasteiger partial charge in [-0.25, -0.2) is 19.9 Å². The molecule has 0 amide bonds. The van der Waals surface area contributed by atoms with Gasteiger partial charge < -0.3 is 4.42 Å². The fraction of sp³-hybridized carbons (Fsp3) is 0.0175. The maximum atomic E-state index is 6.42. The molecule has 12 aromatic rings. The van der Waals surface area contributed by atoms with Gasteiger partial charge in [0.1, 0.15) is 22.8 Å². The molecule has 0 radical (unpaired) electrons. The molecule has 0 saturated carbocycles. The number of nitrogens with zero attached hydrogens (tertiary/aromatic N) is 5. The van der Waals surface area contributed by atoms with Gasteiger partial charge in [-0.3, -0.25) is 4.57 Å². The lowest BCUT2D eigenvalue weighted by atomic mass is 9.91. The van der Waals surface area contributed by atoms with E-state index in [1.54, 1.807) is 0 Å². The van der Waals surface area contributed by atoms with Gasteiger partial charge in [-0.2, -0.15) is 0 Å². The van der Waals surface area contributed by atoms with Gasteiger partial charge >= 0.3 is 0 Å². The number of fused-ring (bicyclic) bond motifs is 6. The number of para-hydroxylation sites is 2. The first-order valence-electron chi connectivity index (χ1n) is 21.2. The van der Waals surface area contributed by atoms with E-state index in [1.165, 1.54) is 11.1 Å². The summed E-state index contributed by atoms with van der Waals surface area (Å²) in [6, 6.07) is 71.7. The van der Waals surface area contributed by atoms with Crippen LogP contribution in [0.5, 0.6) is 0 Å². The first kappa shape index (κ1) is 36.4. The third kappa shape index (κ3) is 6.53. The van der Waals surface area contributed by atoms with Crippen molar-refractivity contribution in [2.24, 2.45) is 0 Å². The van der Waals surface area contributed by atoms with E-state index in [9.17, 15) is 0 Å². The Bertz CT molecular complexity index is 3580. The lowest BCUT2D eigenvalue weighted by Gasteiger charge is -2.16. The summed E-state index contributed by atoms with van der Waals surface area (Å²) < 4.78 is 8.72. The van der Waals surface area contributed by atoms with Crippen molar-refractivity contribution in [2.75, 3.05) is 0 Å². The Hall–Kier alpha value is -8.48. The highest BCUT2D eigenvalue weighted by Crippen LogP contribution is 2.40.